The summed E-state index contributed by atoms with van der Waals surface area (Å²) in [6, 6.07) is 0.668. The molecule has 0 aromatic heterocycles. The van der Waals surface area contributed by atoms with Gasteiger partial charge in [-0.2, -0.15) is 0 Å². The second-order valence-electron chi connectivity index (χ2n) is 10.4. The van der Waals surface area contributed by atoms with Crippen LogP contribution in [0.2, 0.25) is 0 Å². The van der Waals surface area contributed by atoms with Gasteiger partial charge in [0.15, 0.2) is 0 Å². The highest BCUT2D eigenvalue weighted by Crippen LogP contribution is 2.31. The van der Waals surface area contributed by atoms with Crippen molar-refractivity contribution in [3.05, 3.63) is 0 Å². The van der Waals surface area contributed by atoms with Crippen molar-refractivity contribution in [2.45, 2.75) is 97.1 Å². The fourth-order valence-corrected chi connectivity index (χ4v) is 6.16. The summed E-state index contributed by atoms with van der Waals surface area (Å²) in [5.41, 5.74) is 0. The molecule has 0 radical (unpaired) electrons. The molecule has 3 fully saturated rings. The molecule has 184 valence electrons. The van der Waals surface area contributed by atoms with E-state index in [0.717, 1.165) is 71.4 Å². The first kappa shape index (κ1) is 25.5. The van der Waals surface area contributed by atoms with Crippen LogP contribution in [0, 0.1) is 11.8 Å². The van der Waals surface area contributed by atoms with E-state index in [2.05, 4.69) is 35.9 Å². The molecular formula is C26H48N4O2. The summed E-state index contributed by atoms with van der Waals surface area (Å²) >= 11 is 0. The third-order valence-corrected chi connectivity index (χ3v) is 8.33. The first-order chi connectivity index (χ1) is 15.5. The summed E-state index contributed by atoms with van der Waals surface area (Å²) in [6.07, 6.45) is 11.7. The van der Waals surface area contributed by atoms with Crippen LogP contribution in [0.3, 0.4) is 0 Å². The van der Waals surface area contributed by atoms with Gasteiger partial charge in [0.05, 0.1) is 6.04 Å². The number of likely N-dealkylation sites (tertiary alicyclic amines) is 1. The van der Waals surface area contributed by atoms with Crippen LogP contribution in [0.15, 0.2) is 0 Å². The standard InChI is InChI=1S/C26H48N4O2/c1-4-22(5-2)26(32)30-19-17-29(18-20-30)24(23-12-6-7-13-23)25(31)27-14-10-16-28-15-9-8-11-21(28)3/h21-24H,4-20H2,1-3H3,(H,27,31). The highest BCUT2D eigenvalue weighted by atomic mass is 16.2. The summed E-state index contributed by atoms with van der Waals surface area (Å²) in [6.45, 7) is 12.8. The molecule has 0 spiro atoms. The number of nitrogens with one attached hydrogen (secondary N) is 1. The molecule has 1 saturated carbocycles. The molecule has 2 amide bonds. The van der Waals surface area contributed by atoms with Gasteiger partial charge in [0, 0.05) is 51.2 Å². The molecule has 1 aliphatic carbocycles. The van der Waals surface area contributed by atoms with E-state index < -0.39 is 0 Å². The number of hydrogen-bond acceptors (Lipinski definition) is 4. The lowest BCUT2D eigenvalue weighted by Crippen LogP contribution is -2.58. The normalized spacial score (nSPS) is 24.8. The van der Waals surface area contributed by atoms with Crippen LogP contribution in [-0.4, -0.2) is 84.4 Å². The number of amides is 2. The van der Waals surface area contributed by atoms with Crippen LogP contribution >= 0.6 is 0 Å². The maximum absolute atomic E-state index is 13.3. The molecule has 1 N–H and O–H groups in total. The number of rotatable bonds is 10. The monoisotopic (exact) mass is 448 g/mol. The van der Waals surface area contributed by atoms with Gasteiger partial charge in [-0.15, -0.1) is 0 Å². The lowest BCUT2D eigenvalue weighted by molar-refractivity contribution is -0.139. The van der Waals surface area contributed by atoms with Crippen LogP contribution < -0.4 is 5.32 Å². The Kier molecular flexibility index (Phi) is 10.3. The average Bonchev–Trinajstić information content (AvgIpc) is 3.33. The SMILES string of the molecule is CCC(CC)C(=O)N1CCN(C(C(=O)NCCCN2CCCCC2C)C2CCCC2)CC1. The molecule has 32 heavy (non-hydrogen) atoms. The Hall–Kier alpha value is -1.14. The smallest absolute Gasteiger partial charge is 0.237 e. The van der Waals surface area contributed by atoms with Crippen molar-refractivity contribution in [2.75, 3.05) is 45.8 Å². The minimum absolute atomic E-state index is 0.0168. The summed E-state index contributed by atoms with van der Waals surface area (Å²) in [5.74, 6) is 1.16. The van der Waals surface area contributed by atoms with Crippen LogP contribution in [0.25, 0.3) is 0 Å². The molecule has 3 aliphatic rings. The molecule has 0 bridgehead atoms. The zero-order chi connectivity index (χ0) is 22.9. The number of piperidine rings is 1. The molecule has 0 aromatic rings. The number of carbonyl (C=O) groups excluding carboxylic acids is 2. The predicted molar refractivity (Wildman–Crippen MR) is 130 cm³/mol. The molecule has 6 heteroatoms. The van der Waals surface area contributed by atoms with Crippen molar-refractivity contribution in [3.63, 3.8) is 0 Å². The molecular weight excluding hydrogens is 400 g/mol. The first-order valence-corrected chi connectivity index (χ1v) is 13.6. The molecule has 0 aromatic carbocycles. The average molecular weight is 449 g/mol. The maximum atomic E-state index is 13.3. The maximum Gasteiger partial charge on any atom is 0.237 e. The van der Waals surface area contributed by atoms with Crippen LogP contribution in [0.5, 0.6) is 0 Å². The molecule has 2 aliphatic heterocycles. The summed E-state index contributed by atoms with van der Waals surface area (Å²) in [7, 11) is 0. The third kappa shape index (κ3) is 6.69. The largest absolute Gasteiger partial charge is 0.355 e. The van der Waals surface area contributed by atoms with E-state index in [9.17, 15) is 9.59 Å². The lowest BCUT2D eigenvalue weighted by atomic mass is 9.94. The lowest BCUT2D eigenvalue weighted by Gasteiger charge is -2.41. The van der Waals surface area contributed by atoms with E-state index in [1.165, 1.54) is 38.6 Å². The molecule has 3 rings (SSSR count). The van der Waals surface area contributed by atoms with Gasteiger partial charge in [-0.05, 0) is 64.3 Å². The second-order valence-corrected chi connectivity index (χ2v) is 10.4. The fraction of sp³-hybridized carbons (Fsp3) is 0.923. The van der Waals surface area contributed by atoms with Crippen molar-refractivity contribution in [1.82, 2.24) is 20.0 Å². The Labute approximate surface area is 196 Å². The third-order valence-electron chi connectivity index (χ3n) is 8.33. The Morgan fingerprint density at radius 2 is 1.56 bits per heavy atom. The van der Waals surface area contributed by atoms with Gasteiger partial charge in [-0.25, -0.2) is 0 Å². The van der Waals surface area contributed by atoms with E-state index in [1.807, 2.05) is 4.90 Å². The van der Waals surface area contributed by atoms with Crippen molar-refractivity contribution in [3.8, 4) is 0 Å². The van der Waals surface area contributed by atoms with Crippen molar-refractivity contribution >= 4 is 11.8 Å². The van der Waals surface area contributed by atoms with Crippen LogP contribution in [0.1, 0.15) is 85.0 Å². The Balaban J connectivity index is 1.49. The molecule has 2 saturated heterocycles. The summed E-state index contributed by atoms with van der Waals surface area (Å²) < 4.78 is 0. The van der Waals surface area contributed by atoms with E-state index >= 15 is 0 Å². The highest BCUT2D eigenvalue weighted by molar-refractivity contribution is 5.82. The van der Waals surface area contributed by atoms with Crippen molar-refractivity contribution in [2.24, 2.45) is 11.8 Å². The quantitative estimate of drug-likeness (QED) is 0.520. The summed E-state index contributed by atoms with van der Waals surface area (Å²) in [4.78, 5) is 33.1. The van der Waals surface area contributed by atoms with Gasteiger partial charge in [-0.1, -0.05) is 33.1 Å². The molecule has 2 unspecified atom stereocenters. The van der Waals surface area contributed by atoms with Gasteiger partial charge in [-0.3, -0.25) is 14.5 Å². The minimum atomic E-state index is -0.0168. The molecule has 2 heterocycles. The second kappa shape index (κ2) is 12.9. The Bertz CT molecular complexity index is 580. The predicted octanol–water partition coefficient (Wildman–Crippen LogP) is 3.51. The Morgan fingerprint density at radius 1 is 0.906 bits per heavy atom. The fourth-order valence-electron chi connectivity index (χ4n) is 6.16. The zero-order valence-corrected chi connectivity index (χ0v) is 21.0. The highest BCUT2D eigenvalue weighted by Gasteiger charge is 2.37. The van der Waals surface area contributed by atoms with Gasteiger partial charge in [0.2, 0.25) is 11.8 Å². The van der Waals surface area contributed by atoms with E-state index in [0.29, 0.717) is 17.9 Å². The topological polar surface area (TPSA) is 55.9 Å². The van der Waals surface area contributed by atoms with Crippen LogP contribution in [-0.2, 0) is 9.59 Å². The number of nitrogens with zero attached hydrogens (tertiary/aromatic N) is 3. The number of carbonyl (C=O) groups is 2. The van der Waals surface area contributed by atoms with Crippen molar-refractivity contribution in [1.29, 1.82) is 0 Å². The van der Waals surface area contributed by atoms with E-state index in [1.54, 1.807) is 0 Å². The first-order valence-electron chi connectivity index (χ1n) is 13.6. The van der Waals surface area contributed by atoms with Gasteiger partial charge < -0.3 is 15.1 Å². The van der Waals surface area contributed by atoms with Crippen molar-refractivity contribution < 1.29 is 9.59 Å². The zero-order valence-electron chi connectivity index (χ0n) is 21.0. The van der Waals surface area contributed by atoms with Gasteiger partial charge in [0.1, 0.15) is 0 Å². The van der Waals surface area contributed by atoms with Gasteiger partial charge in [0.25, 0.3) is 0 Å². The molecule has 2 atom stereocenters. The molecule has 6 nitrogen and oxygen atoms in total. The van der Waals surface area contributed by atoms with E-state index in [4.69, 9.17) is 0 Å². The Morgan fingerprint density at radius 3 is 2.19 bits per heavy atom. The van der Waals surface area contributed by atoms with Gasteiger partial charge >= 0.3 is 0 Å². The summed E-state index contributed by atoms with van der Waals surface area (Å²) in [5, 5.41) is 3.29. The van der Waals surface area contributed by atoms with E-state index in [-0.39, 0.29) is 17.9 Å². The number of hydrogen-bond donors (Lipinski definition) is 1. The number of piperazine rings is 1. The minimum Gasteiger partial charge on any atom is -0.355 e. The van der Waals surface area contributed by atoms with Crippen LogP contribution in [0.4, 0.5) is 0 Å².